The van der Waals surface area contributed by atoms with Crippen molar-refractivity contribution in [1.29, 1.82) is 0 Å². The number of rotatable bonds is 25. The highest BCUT2D eigenvalue weighted by atomic mass is 32.1. The molecule has 2 aromatic rings. The lowest BCUT2D eigenvalue weighted by Gasteiger charge is -2.34. The molecule has 0 aromatic carbocycles. The zero-order valence-corrected chi connectivity index (χ0v) is 50.0. The molecule has 2 aromatic heterocycles. The molecule has 0 bridgehead atoms. The minimum Gasteiger partial charge on any atom is -0.437 e. The van der Waals surface area contributed by atoms with Crippen LogP contribution in [0.1, 0.15) is 181 Å². The molecule has 3 heterocycles. The highest BCUT2D eigenvalue weighted by Crippen LogP contribution is 2.26. The average Bonchev–Trinajstić information content (AvgIpc) is 3.82. The van der Waals surface area contributed by atoms with E-state index in [-0.39, 0.29) is 43.0 Å². The first-order chi connectivity index (χ1) is 35.2. The summed E-state index contributed by atoms with van der Waals surface area (Å²) < 4.78 is 26.3. The molecule has 2 amide bonds. The Labute approximate surface area is 454 Å². The van der Waals surface area contributed by atoms with Gasteiger partial charge in [-0.1, -0.05) is 80.8 Å². The number of nitrogens with two attached hydrogens (primary N) is 2. The number of nitrogens with zero attached hydrogens (tertiary/aromatic N) is 5. The van der Waals surface area contributed by atoms with Gasteiger partial charge in [0.25, 0.3) is 0 Å². The first kappa shape index (κ1) is 75.1. The minimum atomic E-state index is -1.86. The molecule has 0 aliphatic carbocycles. The van der Waals surface area contributed by atoms with Crippen molar-refractivity contribution >= 4 is 52.4 Å². The number of oxime groups is 1. The van der Waals surface area contributed by atoms with E-state index >= 15 is 0 Å². The number of ketones is 1. The lowest BCUT2D eigenvalue weighted by atomic mass is 9.92. The number of amides is 2. The average molecular weight is 1090 g/mol. The number of anilines is 1. The van der Waals surface area contributed by atoms with Gasteiger partial charge in [-0.2, -0.15) is 0 Å². The molecule has 75 heavy (non-hydrogen) atoms. The van der Waals surface area contributed by atoms with Gasteiger partial charge in [-0.15, -0.1) is 15.7 Å². The standard InChI is InChI=1S/C30H48N6O4S.C8H17NO2.C8H15NO.C5H9FO3.2C2H6/c1-20(2)21(3)9-13-26(17-39-23(5)11-10-22(4)37)36-40-18-25-14-12-24(16-33-25)30-35-28(19-41-30)34-29(38)27(32)8-6-7-15-31;1-6-4-7(9(2)3)5-8(10)11-6;1-5-8(10)9-7(4)6(2)3;1-5(2,8)3-9-4(6)7;2*1-2/h12,14,16,19-21,23,27H,6-11,13,15,17-18,31-32H2,1-5H3,(H,34,38);6-8,10H,4-5H2,1-3H3;6H,5H2,1-4H3;8H,3H2,1-2H3;2*1-2H3/b36-26+;;;;;. The molecule has 6 unspecified atom stereocenters. The Balaban J connectivity index is -0.00000122. The van der Waals surface area contributed by atoms with E-state index in [0.717, 1.165) is 66.2 Å². The van der Waals surface area contributed by atoms with Crippen molar-refractivity contribution in [3.63, 3.8) is 0 Å². The molecular formula is C55H101FN8O10S. The van der Waals surface area contributed by atoms with Crippen molar-refractivity contribution in [3.8, 4) is 10.6 Å². The first-order valence-corrected chi connectivity index (χ1v) is 27.6. The molecule has 1 aliphatic heterocycles. The third-order valence-corrected chi connectivity index (χ3v) is 12.1. The summed E-state index contributed by atoms with van der Waals surface area (Å²) in [5.74, 6) is 1.90. The van der Waals surface area contributed by atoms with Crippen LogP contribution in [0.15, 0.2) is 33.9 Å². The molecule has 6 atom stereocenters. The number of ether oxygens (including phenoxy) is 3. The molecule has 1 aliphatic rings. The summed E-state index contributed by atoms with van der Waals surface area (Å²) in [6, 6.07) is 3.67. The van der Waals surface area contributed by atoms with Crippen LogP contribution in [0.2, 0.25) is 0 Å². The number of unbranched alkanes of at least 4 members (excludes halogenated alkanes) is 1. The fourth-order valence-electron chi connectivity index (χ4n) is 5.90. The summed E-state index contributed by atoms with van der Waals surface area (Å²) in [7, 11) is 4.07. The van der Waals surface area contributed by atoms with Gasteiger partial charge in [-0.05, 0) is 131 Å². The monoisotopic (exact) mass is 1080 g/mol. The number of carbonyl (C=O) groups is 4. The maximum atomic E-state index is 12.3. The number of hydrogen-bond donors (Lipinski definition) is 5. The summed E-state index contributed by atoms with van der Waals surface area (Å²) in [5, 5.41) is 27.8. The van der Waals surface area contributed by atoms with Crippen LogP contribution < -0.4 is 16.8 Å². The molecule has 20 heteroatoms. The van der Waals surface area contributed by atoms with Crippen LogP contribution in [0.25, 0.3) is 10.6 Å². The summed E-state index contributed by atoms with van der Waals surface area (Å²) in [6.45, 7) is 31.7. The topological polar surface area (TPSA) is 263 Å². The fraction of sp³-hybridized carbons (Fsp3) is 0.745. The highest BCUT2D eigenvalue weighted by molar-refractivity contribution is 7.13. The van der Waals surface area contributed by atoms with Crippen LogP contribution in [0.3, 0.4) is 0 Å². The molecule has 1 fully saturated rings. The van der Waals surface area contributed by atoms with Crippen molar-refractivity contribution < 1.29 is 52.8 Å². The number of aliphatic hydroxyl groups is 2. The second kappa shape index (κ2) is 43.9. The highest BCUT2D eigenvalue weighted by Gasteiger charge is 2.26. The van der Waals surface area contributed by atoms with Crippen LogP contribution in [-0.4, -0.2) is 130 Å². The second-order valence-corrected chi connectivity index (χ2v) is 20.4. The van der Waals surface area contributed by atoms with Gasteiger partial charge in [0, 0.05) is 48.2 Å². The summed E-state index contributed by atoms with van der Waals surface area (Å²) in [6.07, 6.45) is 6.95. The van der Waals surface area contributed by atoms with Gasteiger partial charge in [0.15, 0.2) is 12.9 Å². The summed E-state index contributed by atoms with van der Waals surface area (Å²) >= 11 is 1.42. The lowest BCUT2D eigenvalue weighted by Crippen LogP contribution is -2.41. The molecule has 434 valence electrons. The van der Waals surface area contributed by atoms with Gasteiger partial charge in [-0.25, -0.2) is 14.8 Å². The van der Waals surface area contributed by atoms with E-state index in [9.17, 15) is 28.7 Å². The Morgan fingerprint density at radius 3 is 2.12 bits per heavy atom. The largest absolute Gasteiger partial charge is 0.495 e. The smallest absolute Gasteiger partial charge is 0.437 e. The molecule has 0 spiro atoms. The Kier molecular flexibility index (Phi) is 43.9. The van der Waals surface area contributed by atoms with Crippen LogP contribution in [-0.2, 0) is 40.0 Å². The van der Waals surface area contributed by atoms with Crippen LogP contribution in [0.4, 0.5) is 15.0 Å². The number of carbonyl (C=O) groups excluding carboxylic acids is 4. The summed E-state index contributed by atoms with van der Waals surface area (Å²) in [4.78, 5) is 64.5. The number of hydrogen-bond acceptors (Lipinski definition) is 17. The zero-order valence-electron chi connectivity index (χ0n) is 49.2. The van der Waals surface area contributed by atoms with E-state index < -0.39 is 24.2 Å². The molecule has 18 nitrogen and oxygen atoms in total. The number of aliphatic imine (C=N–C) groups is 1. The predicted octanol–water partition coefficient (Wildman–Crippen LogP) is 10.7. The zero-order chi connectivity index (χ0) is 58.3. The Morgan fingerprint density at radius 1 is 1.00 bits per heavy atom. The van der Waals surface area contributed by atoms with E-state index in [1.54, 1.807) is 18.5 Å². The van der Waals surface area contributed by atoms with Crippen LogP contribution in [0.5, 0.6) is 0 Å². The fourth-order valence-corrected chi connectivity index (χ4v) is 6.64. The van der Waals surface area contributed by atoms with Crippen molar-refractivity contribution in [2.24, 2.45) is 39.4 Å². The number of aromatic nitrogens is 2. The van der Waals surface area contributed by atoms with Gasteiger partial charge in [0.05, 0.1) is 41.9 Å². The Hall–Kier alpha value is -4.15. The lowest BCUT2D eigenvalue weighted by molar-refractivity contribution is -0.172. The molecule has 3 rings (SSSR count). The van der Waals surface area contributed by atoms with Crippen molar-refractivity contribution in [3.05, 3.63) is 29.4 Å². The minimum absolute atomic E-state index is 0.0220. The van der Waals surface area contributed by atoms with Crippen molar-refractivity contribution in [2.75, 3.05) is 39.2 Å². The second-order valence-electron chi connectivity index (χ2n) is 19.5. The van der Waals surface area contributed by atoms with Gasteiger partial charge in [0.2, 0.25) is 11.8 Å². The van der Waals surface area contributed by atoms with E-state index in [2.05, 4.69) is 55.8 Å². The van der Waals surface area contributed by atoms with Crippen LogP contribution in [0, 0.1) is 17.8 Å². The Bertz CT molecular complexity index is 1870. The van der Waals surface area contributed by atoms with E-state index in [0.29, 0.717) is 68.4 Å². The predicted molar refractivity (Wildman–Crippen MR) is 304 cm³/mol. The third-order valence-electron chi connectivity index (χ3n) is 11.2. The molecular weight excluding hydrogens is 984 g/mol. The van der Waals surface area contributed by atoms with Gasteiger partial charge in [0.1, 0.15) is 23.2 Å². The number of Topliss-reactive ketones (excluding diaryl/α,β-unsaturated/α-hetero) is 1. The maximum absolute atomic E-state index is 12.3. The van der Waals surface area contributed by atoms with E-state index in [1.165, 1.54) is 25.2 Å². The van der Waals surface area contributed by atoms with E-state index in [1.807, 2.05) is 95.5 Å². The van der Waals surface area contributed by atoms with Crippen molar-refractivity contribution in [2.45, 2.75) is 218 Å². The quantitative estimate of drug-likeness (QED) is 0.0268. The van der Waals surface area contributed by atoms with Gasteiger partial charge >= 0.3 is 6.22 Å². The van der Waals surface area contributed by atoms with Gasteiger partial charge in [-0.3, -0.25) is 14.6 Å². The van der Waals surface area contributed by atoms with Crippen molar-refractivity contribution in [1.82, 2.24) is 14.9 Å². The van der Waals surface area contributed by atoms with E-state index in [4.69, 9.17) is 30.9 Å². The summed E-state index contributed by atoms with van der Waals surface area (Å²) in [5.41, 5.74) is 13.7. The Morgan fingerprint density at radius 2 is 1.64 bits per heavy atom. The number of aliphatic hydroxyl groups excluding tert-OH is 1. The number of halogens is 1. The van der Waals surface area contributed by atoms with Gasteiger partial charge < -0.3 is 55.7 Å². The number of thiazole rings is 1. The maximum Gasteiger partial charge on any atom is 0.495 e. The third kappa shape index (κ3) is 40.7. The molecule has 0 saturated carbocycles. The molecule has 7 N–H and O–H groups in total. The SMILES string of the molecule is CC.CC.CC(=O)CCC(C)OC/C(CCC(C)C(C)C)=N/OCc1ccc(-c2nc(NC(=O)C(N)CCCCN)cs2)cn1.CC(C)(O)COC(=O)F.CC1CC(N(C)C)CC(O)O1.CCC(=O)N=C(C)C(C)C. The first-order valence-electron chi connectivity index (χ1n) is 26.8. The van der Waals surface area contributed by atoms with Crippen LogP contribution >= 0.6 is 11.3 Å². The molecule has 0 radical (unpaired) electrons. The molecule has 1 saturated heterocycles. The normalized spacial score (nSPS) is 16.6. The number of nitrogens with one attached hydrogen (secondary N) is 1. The number of pyridine rings is 1.